The number of alkyl halides is 13. The Balaban J connectivity index is 3.53. The molecule has 1 heterocycles. The molecule has 1 aromatic heterocycles. The molecular weight excluding hydrogens is 395 g/mol. The SMILES string of the molecule is Cc1cc(C(F)(F)C(F)(F)C(F)(F)C(F)(F)C(F)(F)C(F)(F)F)n[nH]1. The van der Waals surface area contributed by atoms with E-state index < -0.39 is 47.2 Å². The Labute approximate surface area is 129 Å². The minimum absolute atomic E-state index is 0.00989. The van der Waals surface area contributed by atoms with Gasteiger partial charge < -0.3 is 0 Å². The van der Waals surface area contributed by atoms with Crippen molar-refractivity contribution >= 4 is 0 Å². The predicted octanol–water partition coefficient (Wildman–Crippen LogP) is 4.91. The van der Waals surface area contributed by atoms with Crippen LogP contribution in [0.5, 0.6) is 0 Å². The van der Waals surface area contributed by atoms with Crippen molar-refractivity contribution in [3.63, 3.8) is 0 Å². The molecule has 0 fully saturated rings. The van der Waals surface area contributed by atoms with Gasteiger partial charge in [-0.25, -0.2) is 0 Å². The highest BCUT2D eigenvalue weighted by Crippen LogP contribution is 2.61. The van der Waals surface area contributed by atoms with E-state index in [1.54, 1.807) is 5.10 Å². The number of rotatable bonds is 5. The first kappa shape index (κ1) is 21.3. The Kier molecular flexibility index (Phi) is 4.61. The first-order valence-electron chi connectivity index (χ1n) is 5.73. The van der Waals surface area contributed by atoms with Gasteiger partial charge in [-0.1, -0.05) is 0 Å². The van der Waals surface area contributed by atoms with Crippen LogP contribution in [0, 0.1) is 6.92 Å². The van der Waals surface area contributed by atoms with Crippen LogP contribution < -0.4 is 0 Å². The highest BCUT2D eigenvalue weighted by molar-refractivity contribution is 5.20. The van der Waals surface area contributed by atoms with Crippen molar-refractivity contribution in [2.75, 3.05) is 0 Å². The Morgan fingerprint density at radius 2 is 1.08 bits per heavy atom. The molecule has 0 bridgehead atoms. The molecule has 1 rings (SSSR count). The fourth-order valence-electron chi connectivity index (χ4n) is 1.51. The van der Waals surface area contributed by atoms with Crippen LogP contribution in [-0.4, -0.2) is 40.1 Å². The second-order valence-corrected chi connectivity index (χ2v) is 4.81. The van der Waals surface area contributed by atoms with E-state index in [0.717, 1.165) is 6.92 Å². The zero-order chi connectivity index (χ0) is 20.3. The molecule has 0 radical (unpaired) electrons. The summed E-state index contributed by atoms with van der Waals surface area (Å²) < 4.78 is 167. The van der Waals surface area contributed by atoms with Crippen molar-refractivity contribution in [2.45, 2.75) is 42.7 Å². The summed E-state index contributed by atoms with van der Waals surface area (Å²) in [6.45, 7) is 0.898. The Morgan fingerprint density at radius 3 is 1.40 bits per heavy atom. The lowest BCUT2D eigenvalue weighted by atomic mass is 9.92. The number of aromatic nitrogens is 2. The highest BCUT2D eigenvalue weighted by atomic mass is 19.4. The van der Waals surface area contributed by atoms with Crippen LogP contribution in [0.1, 0.15) is 11.4 Å². The quantitative estimate of drug-likeness (QED) is 0.699. The van der Waals surface area contributed by atoms with Crippen molar-refractivity contribution in [3.05, 3.63) is 17.5 Å². The van der Waals surface area contributed by atoms with Crippen LogP contribution in [0.2, 0.25) is 0 Å². The largest absolute Gasteiger partial charge is 0.460 e. The molecule has 0 spiro atoms. The lowest BCUT2D eigenvalue weighted by Gasteiger charge is -2.39. The molecule has 2 nitrogen and oxygen atoms in total. The number of aromatic amines is 1. The first-order valence-corrected chi connectivity index (χ1v) is 5.73. The summed E-state index contributed by atoms with van der Waals surface area (Å²) in [5.41, 5.74) is -2.71. The molecule has 0 aliphatic heterocycles. The molecule has 0 aliphatic rings. The molecule has 0 amide bonds. The van der Waals surface area contributed by atoms with Gasteiger partial charge in [-0.2, -0.15) is 62.2 Å². The summed E-state index contributed by atoms with van der Waals surface area (Å²) in [5, 5.41) is 3.98. The maximum Gasteiger partial charge on any atom is 0.460 e. The third kappa shape index (κ3) is 2.70. The highest BCUT2D eigenvalue weighted by Gasteiger charge is 2.91. The standard InChI is InChI=1S/C10H5F13N2/c1-3-2-4(25-24-3)5(11,12)6(13,14)7(15,16)8(17,18)9(19,20)10(21,22)23/h2H,1H3,(H,24,25). The van der Waals surface area contributed by atoms with Gasteiger partial charge in [-0.3, -0.25) is 5.10 Å². The molecule has 1 aromatic rings. The van der Waals surface area contributed by atoms with Gasteiger partial charge >= 0.3 is 35.8 Å². The molecule has 0 aromatic carbocycles. The van der Waals surface area contributed by atoms with Crippen LogP contribution in [0.25, 0.3) is 0 Å². The van der Waals surface area contributed by atoms with E-state index in [9.17, 15) is 57.1 Å². The number of nitrogens with one attached hydrogen (secondary N) is 1. The minimum atomic E-state index is -7.91. The van der Waals surface area contributed by atoms with Gasteiger partial charge in [-0.15, -0.1) is 0 Å². The monoisotopic (exact) mass is 400 g/mol. The van der Waals surface area contributed by atoms with E-state index in [2.05, 4.69) is 5.10 Å². The average Bonchev–Trinajstić information content (AvgIpc) is 2.83. The fraction of sp³-hybridized carbons (Fsp3) is 0.700. The van der Waals surface area contributed by atoms with Gasteiger partial charge in [0.15, 0.2) is 0 Å². The Morgan fingerprint density at radius 1 is 0.680 bits per heavy atom. The van der Waals surface area contributed by atoms with Crippen molar-refractivity contribution in [1.82, 2.24) is 10.2 Å². The van der Waals surface area contributed by atoms with E-state index in [-0.39, 0.29) is 6.07 Å². The second kappa shape index (κ2) is 5.40. The number of hydrogen-bond donors (Lipinski definition) is 1. The van der Waals surface area contributed by atoms with Gasteiger partial charge in [0, 0.05) is 5.69 Å². The van der Waals surface area contributed by atoms with Gasteiger partial charge in [0.2, 0.25) is 0 Å². The number of halogens is 13. The fourth-order valence-corrected chi connectivity index (χ4v) is 1.51. The topological polar surface area (TPSA) is 28.7 Å². The van der Waals surface area contributed by atoms with E-state index in [1.807, 2.05) is 0 Å². The third-order valence-corrected chi connectivity index (χ3v) is 2.96. The lowest BCUT2D eigenvalue weighted by molar-refractivity contribution is -0.442. The van der Waals surface area contributed by atoms with Crippen LogP contribution in [0.3, 0.4) is 0 Å². The predicted molar refractivity (Wildman–Crippen MR) is 53.1 cm³/mol. The first-order chi connectivity index (χ1) is 10.7. The van der Waals surface area contributed by atoms with E-state index >= 15 is 0 Å². The lowest BCUT2D eigenvalue weighted by Crippen LogP contribution is -2.69. The zero-order valence-corrected chi connectivity index (χ0v) is 11.4. The van der Waals surface area contributed by atoms with E-state index in [4.69, 9.17) is 0 Å². The summed E-state index contributed by atoms with van der Waals surface area (Å²) >= 11 is 0. The third-order valence-electron chi connectivity index (χ3n) is 2.96. The van der Waals surface area contributed by atoms with Crippen LogP contribution in [0.15, 0.2) is 6.07 Å². The Bertz CT molecular complexity index is 627. The number of nitrogens with zero attached hydrogens (tertiary/aromatic N) is 1. The van der Waals surface area contributed by atoms with Crippen LogP contribution >= 0.6 is 0 Å². The van der Waals surface area contributed by atoms with Gasteiger partial charge in [0.1, 0.15) is 5.69 Å². The summed E-state index contributed by atoms with van der Waals surface area (Å²) in [7, 11) is 0. The molecule has 0 unspecified atom stereocenters. The maximum absolute atomic E-state index is 13.5. The molecule has 1 N–H and O–H groups in total. The Hall–Kier alpha value is -1.70. The summed E-state index contributed by atoms with van der Waals surface area (Å²) in [5.74, 6) is -37.1. The molecule has 0 atom stereocenters. The van der Waals surface area contributed by atoms with Crippen molar-refractivity contribution in [2.24, 2.45) is 0 Å². The maximum atomic E-state index is 13.5. The van der Waals surface area contributed by atoms with Gasteiger partial charge in [-0.05, 0) is 13.0 Å². The van der Waals surface area contributed by atoms with Crippen LogP contribution in [-0.2, 0) is 5.92 Å². The smallest absolute Gasteiger partial charge is 0.282 e. The van der Waals surface area contributed by atoms with Crippen molar-refractivity contribution in [3.8, 4) is 0 Å². The molecule has 15 heteroatoms. The van der Waals surface area contributed by atoms with Crippen molar-refractivity contribution in [1.29, 1.82) is 0 Å². The molecular formula is C10H5F13N2. The van der Waals surface area contributed by atoms with E-state index in [0.29, 0.717) is 0 Å². The normalized spacial score (nSPS) is 15.6. The summed E-state index contributed by atoms with van der Waals surface area (Å²) in [6, 6.07) is -0.00989. The number of aryl methyl sites for hydroxylation is 1. The average molecular weight is 400 g/mol. The molecule has 25 heavy (non-hydrogen) atoms. The van der Waals surface area contributed by atoms with E-state index in [1.165, 1.54) is 0 Å². The number of H-pyrrole nitrogens is 1. The summed E-state index contributed by atoms with van der Waals surface area (Å²) in [6.07, 6.45) is -7.42. The van der Waals surface area contributed by atoms with Crippen molar-refractivity contribution < 1.29 is 57.1 Å². The second-order valence-electron chi connectivity index (χ2n) is 4.81. The summed E-state index contributed by atoms with van der Waals surface area (Å²) in [4.78, 5) is 0. The van der Waals surface area contributed by atoms with Crippen LogP contribution in [0.4, 0.5) is 57.1 Å². The van der Waals surface area contributed by atoms with Gasteiger partial charge in [0.25, 0.3) is 0 Å². The van der Waals surface area contributed by atoms with Gasteiger partial charge in [0.05, 0.1) is 0 Å². The zero-order valence-electron chi connectivity index (χ0n) is 11.4. The number of hydrogen-bond acceptors (Lipinski definition) is 1. The minimum Gasteiger partial charge on any atom is -0.282 e. The molecule has 0 aliphatic carbocycles. The molecule has 146 valence electrons. The molecule has 0 saturated heterocycles. The molecule has 0 saturated carbocycles.